The first-order chi connectivity index (χ1) is 18.3. The van der Waals surface area contributed by atoms with E-state index in [0.29, 0.717) is 20.5 Å². The number of nitrogens with zero attached hydrogens (tertiary/aromatic N) is 2. The lowest BCUT2D eigenvalue weighted by Gasteiger charge is -2.23. The van der Waals surface area contributed by atoms with E-state index in [1.807, 2.05) is 22.9 Å². The zero-order valence-corrected chi connectivity index (χ0v) is 23.5. The van der Waals surface area contributed by atoms with Crippen LogP contribution in [0.5, 0.6) is 0 Å². The summed E-state index contributed by atoms with van der Waals surface area (Å²) in [6.07, 6.45) is 10.1. The predicted octanol–water partition coefficient (Wildman–Crippen LogP) is 7.20. The monoisotopic (exact) mass is 569 g/mol. The summed E-state index contributed by atoms with van der Waals surface area (Å²) in [6, 6.07) is 11.3. The minimum Gasteiger partial charge on any atom is -0.352 e. The molecule has 1 aliphatic heterocycles. The molecule has 3 aromatic rings. The molecule has 5 rings (SSSR count). The Bertz CT molecular complexity index is 1440. The van der Waals surface area contributed by atoms with Crippen LogP contribution in [0.25, 0.3) is 17.0 Å². The number of para-hydroxylation sites is 1. The van der Waals surface area contributed by atoms with Crippen LogP contribution in [0.15, 0.2) is 47.5 Å². The van der Waals surface area contributed by atoms with Crippen molar-refractivity contribution in [3.05, 3.63) is 74.2 Å². The fourth-order valence-electron chi connectivity index (χ4n) is 5.26. The first kappa shape index (κ1) is 26.9. The minimum atomic E-state index is -0.367. The number of aromatic nitrogens is 1. The number of aryl methyl sites for hydroxylation is 1. The number of hydrogen-bond donors (Lipinski definition) is 1. The van der Waals surface area contributed by atoms with E-state index in [-0.39, 0.29) is 36.2 Å². The van der Waals surface area contributed by atoms with Crippen LogP contribution in [0.2, 0.25) is 10.0 Å². The maximum Gasteiger partial charge on any atom is 0.293 e. The molecule has 0 bridgehead atoms. The van der Waals surface area contributed by atoms with E-state index in [1.54, 1.807) is 24.3 Å². The second-order valence-electron chi connectivity index (χ2n) is 9.79. The molecule has 2 fully saturated rings. The number of benzene rings is 2. The largest absolute Gasteiger partial charge is 0.352 e. The zero-order valence-electron chi connectivity index (χ0n) is 21.1. The van der Waals surface area contributed by atoms with E-state index in [1.165, 1.54) is 11.3 Å². The van der Waals surface area contributed by atoms with Crippen LogP contribution >= 0.6 is 35.0 Å². The summed E-state index contributed by atoms with van der Waals surface area (Å²) in [7, 11) is 0. The smallest absolute Gasteiger partial charge is 0.293 e. The minimum absolute atomic E-state index is 0.00794. The number of thioether (sulfide) groups is 1. The van der Waals surface area contributed by atoms with Crippen LogP contribution in [-0.2, 0) is 29.1 Å². The van der Waals surface area contributed by atoms with E-state index >= 15 is 0 Å². The topological polar surface area (TPSA) is 71.4 Å². The number of fused-ring (bicyclic) bond motifs is 1. The summed E-state index contributed by atoms with van der Waals surface area (Å²) in [4.78, 5) is 40.5. The fourth-order valence-corrected chi connectivity index (χ4v) is 6.56. The molecule has 0 unspecified atom stereocenters. The van der Waals surface area contributed by atoms with E-state index in [2.05, 4.69) is 18.3 Å². The third-order valence-corrected chi connectivity index (χ3v) is 8.68. The molecule has 2 aromatic carbocycles. The maximum atomic E-state index is 13.2. The molecule has 1 saturated heterocycles. The summed E-state index contributed by atoms with van der Waals surface area (Å²) in [5.41, 5.74) is 3.55. The molecule has 9 heteroatoms. The van der Waals surface area contributed by atoms with Crippen molar-refractivity contribution in [2.45, 2.75) is 64.6 Å². The van der Waals surface area contributed by atoms with Crippen LogP contribution in [0, 0.1) is 0 Å². The molecule has 1 saturated carbocycles. The lowest BCUT2D eigenvalue weighted by atomic mass is 9.95. The number of carbonyl (C=O) groups excluding carboxylic acids is 3. The first-order valence-electron chi connectivity index (χ1n) is 12.9. The molecule has 1 aliphatic carbocycles. The summed E-state index contributed by atoms with van der Waals surface area (Å²) in [6.45, 7) is 2.36. The highest BCUT2D eigenvalue weighted by molar-refractivity contribution is 8.18. The fraction of sp³-hybridized carbons (Fsp3) is 0.345. The lowest BCUT2D eigenvalue weighted by molar-refractivity contribution is -0.123. The Labute approximate surface area is 236 Å². The quantitative estimate of drug-likeness (QED) is 0.305. The van der Waals surface area contributed by atoms with Crippen LogP contribution in [0.1, 0.15) is 55.7 Å². The molecule has 2 heterocycles. The number of nitrogens with one attached hydrogen (secondary N) is 1. The van der Waals surface area contributed by atoms with Gasteiger partial charge < -0.3 is 9.88 Å². The van der Waals surface area contributed by atoms with Gasteiger partial charge in [0, 0.05) is 33.2 Å². The van der Waals surface area contributed by atoms with Crippen molar-refractivity contribution in [1.82, 2.24) is 14.8 Å². The van der Waals surface area contributed by atoms with Gasteiger partial charge in [-0.15, -0.1) is 0 Å². The van der Waals surface area contributed by atoms with Gasteiger partial charge in [0.05, 0.1) is 17.0 Å². The zero-order chi connectivity index (χ0) is 26.8. The van der Waals surface area contributed by atoms with Crippen molar-refractivity contribution in [3.63, 3.8) is 0 Å². The Morgan fingerprint density at radius 1 is 1.11 bits per heavy atom. The molecule has 0 spiro atoms. The van der Waals surface area contributed by atoms with E-state index < -0.39 is 0 Å². The molecule has 0 atom stereocenters. The molecular formula is C29H29Cl2N3O3S. The normalized spacial score (nSPS) is 17.7. The number of halogens is 2. The Morgan fingerprint density at radius 2 is 1.89 bits per heavy atom. The van der Waals surface area contributed by atoms with Gasteiger partial charge in [0.1, 0.15) is 6.54 Å². The lowest BCUT2D eigenvalue weighted by Crippen LogP contribution is -2.38. The van der Waals surface area contributed by atoms with Gasteiger partial charge in [-0.25, -0.2) is 0 Å². The van der Waals surface area contributed by atoms with Crippen LogP contribution < -0.4 is 5.32 Å². The second kappa shape index (κ2) is 11.6. The Morgan fingerprint density at radius 3 is 2.63 bits per heavy atom. The Balaban J connectivity index is 1.42. The molecule has 0 radical (unpaired) electrons. The standard InChI is InChI=1S/C29H29Cl2N3O3S/c1-2-18-7-6-10-23-20(15-33(27(18)23)17-26(35)32-22-8-4-3-5-9-22)13-25-28(36)34(29(37)38-25)16-19-11-12-21(30)14-24(19)31/h6-7,10-15,22H,2-5,8-9,16-17H2,1H3,(H,32,35)/b25-13-. The van der Waals surface area contributed by atoms with Crippen molar-refractivity contribution in [3.8, 4) is 0 Å². The van der Waals surface area contributed by atoms with Gasteiger partial charge in [-0.1, -0.05) is 73.7 Å². The van der Waals surface area contributed by atoms with E-state index in [4.69, 9.17) is 23.2 Å². The van der Waals surface area contributed by atoms with Crippen molar-refractivity contribution in [2.75, 3.05) is 0 Å². The van der Waals surface area contributed by atoms with Crippen molar-refractivity contribution < 1.29 is 14.4 Å². The van der Waals surface area contributed by atoms with Gasteiger partial charge >= 0.3 is 0 Å². The molecule has 1 N–H and O–H groups in total. The second-order valence-corrected chi connectivity index (χ2v) is 11.6. The molecule has 198 valence electrons. The number of carbonyl (C=O) groups is 3. The Hall–Kier alpha value is -2.74. The highest BCUT2D eigenvalue weighted by atomic mass is 35.5. The van der Waals surface area contributed by atoms with Crippen molar-refractivity contribution >= 4 is 69.0 Å². The van der Waals surface area contributed by atoms with Gasteiger partial charge in [-0.05, 0) is 60.4 Å². The number of rotatable bonds is 7. The van der Waals surface area contributed by atoms with Crippen LogP contribution in [-0.4, -0.2) is 32.6 Å². The highest BCUT2D eigenvalue weighted by Crippen LogP contribution is 2.36. The molecule has 3 amide bonds. The van der Waals surface area contributed by atoms with Crippen molar-refractivity contribution in [1.29, 1.82) is 0 Å². The van der Waals surface area contributed by atoms with Gasteiger partial charge in [0.2, 0.25) is 5.91 Å². The van der Waals surface area contributed by atoms with Gasteiger partial charge in [0.25, 0.3) is 11.1 Å². The van der Waals surface area contributed by atoms with E-state index in [0.717, 1.165) is 65.9 Å². The number of imide groups is 1. The summed E-state index contributed by atoms with van der Waals surface area (Å²) >= 11 is 13.2. The number of amides is 3. The maximum absolute atomic E-state index is 13.2. The van der Waals surface area contributed by atoms with Gasteiger partial charge in [-0.3, -0.25) is 19.3 Å². The molecule has 1 aromatic heterocycles. The molecule has 38 heavy (non-hydrogen) atoms. The van der Waals surface area contributed by atoms with Crippen LogP contribution in [0.4, 0.5) is 4.79 Å². The average Bonchev–Trinajstić information content (AvgIpc) is 3.37. The third-order valence-electron chi connectivity index (χ3n) is 7.18. The molecular weight excluding hydrogens is 541 g/mol. The molecule has 6 nitrogen and oxygen atoms in total. The SMILES string of the molecule is CCc1cccc2c(/C=C3\SC(=O)N(Cc4ccc(Cl)cc4Cl)C3=O)cn(CC(=O)NC3CCCCC3)c12. The predicted molar refractivity (Wildman–Crippen MR) is 154 cm³/mol. The summed E-state index contributed by atoms with van der Waals surface area (Å²) < 4.78 is 1.97. The highest BCUT2D eigenvalue weighted by Gasteiger charge is 2.35. The first-order valence-corrected chi connectivity index (χ1v) is 14.5. The van der Waals surface area contributed by atoms with Crippen LogP contribution in [0.3, 0.4) is 0 Å². The third kappa shape index (κ3) is 5.65. The van der Waals surface area contributed by atoms with Gasteiger partial charge in [0.15, 0.2) is 0 Å². The average molecular weight is 571 g/mol. The Kier molecular flexibility index (Phi) is 8.17. The molecule has 2 aliphatic rings. The van der Waals surface area contributed by atoms with Gasteiger partial charge in [-0.2, -0.15) is 0 Å². The van der Waals surface area contributed by atoms with E-state index in [9.17, 15) is 14.4 Å². The summed E-state index contributed by atoms with van der Waals surface area (Å²) in [5.74, 6) is -0.375. The number of hydrogen-bond acceptors (Lipinski definition) is 4. The summed E-state index contributed by atoms with van der Waals surface area (Å²) in [5, 5.41) is 4.69. The van der Waals surface area contributed by atoms with Crippen molar-refractivity contribution in [2.24, 2.45) is 0 Å².